The Morgan fingerprint density at radius 2 is 1.83 bits per heavy atom. The number of para-hydroxylation sites is 1. The highest BCUT2D eigenvalue weighted by atomic mass is 19.1. The zero-order valence-electron chi connectivity index (χ0n) is 12.6. The molecule has 3 rings (SSSR count). The Labute approximate surface area is 138 Å². The van der Waals surface area contributed by atoms with Gasteiger partial charge in [0.15, 0.2) is 0 Å². The normalized spacial score (nSPS) is 11.1. The van der Waals surface area contributed by atoms with Crippen LogP contribution in [-0.2, 0) is 0 Å². The first-order valence-electron chi connectivity index (χ1n) is 7.19. The molecule has 0 amide bonds. The molecule has 0 atom stereocenters. The molecule has 2 aromatic carbocycles. The van der Waals surface area contributed by atoms with Crippen molar-refractivity contribution in [2.24, 2.45) is 0 Å². The molecule has 3 aromatic rings. The number of rotatable bonds is 4. The molecule has 1 heterocycles. The number of nitriles is 1. The topological polar surface area (TPSA) is 58.7 Å². The number of Topliss-reactive ketones (excluding diaryl/α,β-unsaturated/α-hetero) is 1. The molecule has 0 aliphatic heterocycles. The first-order chi connectivity index (χ1) is 11.7. The Bertz CT molecular complexity index is 935. The van der Waals surface area contributed by atoms with Crippen molar-refractivity contribution >= 4 is 11.9 Å². The summed E-state index contributed by atoms with van der Waals surface area (Å²) in [6.07, 6.45) is 4.77. The van der Waals surface area contributed by atoms with Gasteiger partial charge in [0, 0.05) is 17.3 Å². The number of halogens is 1. The van der Waals surface area contributed by atoms with Gasteiger partial charge in [-0.05, 0) is 42.5 Å². The number of carbonyl (C=O) groups is 1. The molecule has 0 radical (unpaired) electrons. The molecular formula is C19H12FN3O. The van der Waals surface area contributed by atoms with Crippen molar-refractivity contribution in [3.63, 3.8) is 0 Å². The highest BCUT2D eigenvalue weighted by Crippen LogP contribution is 2.14. The van der Waals surface area contributed by atoms with E-state index >= 15 is 0 Å². The summed E-state index contributed by atoms with van der Waals surface area (Å²) < 4.78 is 14.6. The zero-order valence-corrected chi connectivity index (χ0v) is 12.6. The standard InChI is InChI=1S/C19H12FN3O/c20-17-8-6-15(7-9-17)19(24)16(11-21)10-14-12-22-23(13-14)18-4-2-1-3-5-18/h1-10,12-13H/b16-10+. The van der Waals surface area contributed by atoms with Crippen LogP contribution >= 0.6 is 0 Å². The van der Waals surface area contributed by atoms with Crippen LogP contribution in [0.15, 0.2) is 72.6 Å². The quantitative estimate of drug-likeness (QED) is 0.418. The lowest BCUT2D eigenvalue weighted by molar-refractivity contribution is 0.104. The van der Waals surface area contributed by atoms with Crippen LogP contribution in [0.5, 0.6) is 0 Å². The molecule has 5 heteroatoms. The van der Waals surface area contributed by atoms with Crippen molar-refractivity contribution in [2.75, 3.05) is 0 Å². The number of hydrogen-bond donors (Lipinski definition) is 0. The average Bonchev–Trinajstić information content (AvgIpc) is 3.09. The molecule has 0 unspecified atom stereocenters. The van der Waals surface area contributed by atoms with Crippen molar-refractivity contribution in [3.8, 4) is 11.8 Å². The maximum Gasteiger partial charge on any atom is 0.203 e. The van der Waals surface area contributed by atoms with Gasteiger partial charge in [-0.3, -0.25) is 4.79 Å². The van der Waals surface area contributed by atoms with Gasteiger partial charge in [0.2, 0.25) is 5.78 Å². The smallest absolute Gasteiger partial charge is 0.203 e. The van der Waals surface area contributed by atoms with E-state index in [1.807, 2.05) is 36.4 Å². The minimum absolute atomic E-state index is 0.0331. The molecule has 4 nitrogen and oxygen atoms in total. The van der Waals surface area contributed by atoms with Crippen molar-refractivity contribution in [3.05, 3.63) is 89.5 Å². The van der Waals surface area contributed by atoms with Crippen LogP contribution in [0, 0.1) is 17.1 Å². The van der Waals surface area contributed by atoms with E-state index in [4.69, 9.17) is 0 Å². The van der Waals surface area contributed by atoms with Gasteiger partial charge in [-0.15, -0.1) is 0 Å². The predicted octanol–water partition coefficient (Wildman–Crippen LogP) is 3.80. The summed E-state index contributed by atoms with van der Waals surface area (Å²) >= 11 is 0. The number of nitrogens with zero attached hydrogens (tertiary/aromatic N) is 3. The Morgan fingerprint density at radius 1 is 1.12 bits per heavy atom. The van der Waals surface area contributed by atoms with Crippen LogP contribution in [0.2, 0.25) is 0 Å². The predicted molar refractivity (Wildman–Crippen MR) is 87.9 cm³/mol. The van der Waals surface area contributed by atoms with Gasteiger partial charge in [-0.2, -0.15) is 10.4 Å². The summed E-state index contributed by atoms with van der Waals surface area (Å²) in [6.45, 7) is 0. The zero-order chi connectivity index (χ0) is 16.9. The Morgan fingerprint density at radius 3 is 2.50 bits per heavy atom. The van der Waals surface area contributed by atoms with E-state index in [0.29, 0.717) is 5.56 Å². The van der Waals surface area contributed by atoms with E-state index in [1.165, 1.54) is 30.3 Å². The van der Waals surface area contributed by atoms with Gasteiger partial charge >= 0.3 is 0 Å². The summed E-state index contributed by atoms with van der Waals surface area (Å²) in [4.78, 5) is 12.3. The van der Waals surface area contributed by atoms with Crippen LogP contribution in [0.3, 0.4) is 0 Å². The van der Waals surface area contributed by atoms with Crippen LogP contribution in [0.25, 0.3) is 11.8 Å². The third-order valence-electron chi connectivity index (χ3n) is 3.41. The molecule has 0 aliphatic rings. The Balaban J connectivity index is 1.89. The summed E-state index contributed by atoms with van der Waals surface area (Å²) in [5.74, 6) is -0.886. The van der Waals surface area contributed by atoms with E-state index in [1.54, 1.807) is 17.1 Å². The fraction of sp³-hybridized carbons (Fsp3) is 0. The maximum absolute atomic E-state index is 12.9. The van der Waals surface area contributed by atoms with Gasteiger partial charge < -0.3 is 0 Å². The minimum atomic E-state index is -0.454. The van der Waals surface area contributed by atoms with E-state index in [9.17, 15) is 14.4 Å². The van der Waals surface area contributed by atoms with E-state index < -0.39 is 11.6 Å². The molecule has 0 fully saturated rings. The lowest BCUT2D eigenvalue weighted by Gasteiger charge is -1.99. The van der Waals surface area contributed by atoms with Crippen LogP contribution in [0.1, 0.15) is 15.9 Å². The second-order valence-corrected chi connectivity index (χ2v) is 5.06. The second kappa shape index (κ2) is 6.71. The summed E-state index contributed by atoms with van der Waals surface area (Å²) in [7, 11) is 0. The van der Waals surface area contributed by atoms with Crippen LogP contribution in [-0.4, -0.2) is 15.6 Å². The third kappa shape index (κ3) is 3.28. The van der Waals surface area contributed by atoms with E-state index in [-0.39, 0.29) is 11.1 Å². The van der Waals surface area contributed by atoms with Gasteiger partial charge in [0.1, 0.15) is 17.5 Å². The number of benzene rings is 2. The van der Waals surface area contributed by atoms with E-state index in [2.05, 4.69) is 5.10 Å². The van der Waals surface area contributed by atoms with Crippen molar-refractivity contribution in [1.82, 2.24) is 9.78 Å². The lowest BCUT2D eigenvalue weighted by atomic mass is 10.0. The second-order valence-electron chi connectivity index (χ2n) is 5.06. The molecule has 1 aromatic heterocycles. The van der Waals surface area contributed by atoms with Crippen LogP contribution < -0.4 is 0 Å². The largest absolute Gasteiger partial charge is 0.288 e. The number of carbonyl (C=O) groups excluding carboxylic acids is 1. The minimum Gasteiger partial charge on any atom is -0.288 e. The summed E-state index contributed by atoms with van der Waals surface area (Å²) in [5, 5.41) is 13.5. The van der Waals surface area contributed by atoms with Crippen molar-refractivity contribution in [2.45, 2.75) is 0 Å². The molecule has 0 saturated carbocycles. The molecule has 116 valence electrons. The lowest BCUT2D eigenvalue weighted by Crippen LogP contribution is -2.01. The highest BCUT2D eigenvalue weighted by molar-refractivity contribution is 6.13. The summed E-state index contributed by atoms with van der Waals surface area (Å²) in [6, 6.07) is 16.5. The fourth-order valence-corrected chi connectivity index (χ4v) is 2.21. The first-order valence-corrected chi connectivity index (χ1v) is 7.19. The average molecular weight is 317 g/mol. The number of hydrogen-bond acceptors (Lipinski definition) is 3. The number of allylic oxidation sites excluding steroid dienone is 1. The van der Waals surface area contributed by atoms with Crippen molar-refractivity contribution < 1.29 is 9.18 Å². The number of aromatic nitrogens is 2. The maximum atomic E-state index is 12.9. The molecule has 24 heavy (non-hydrogen) atoms. The Kier molecular flexibility index (Phi) is 4.30. The molecule has 0 spiro atoms. The van der Waals surface area contributed by atoms with Gasteiger partial charge in [0.05, 0.1) is 11.9 Å². The number of ketones is 1. The fourth-order valence-electron chi connectivity index (χ4n) is 2.21. The van der Waals surface area contributed by atoms with Crippen molar-refractivity contribution in [1.29, 1.82) is 5.26 Å². The molecule has 0 aliphatic carbocycles. The summed E-state index contributed by atoms with van der Waals surface area (Å²) in [5.41, 5.74) is 1.74. The van der Waals surface area contributed by atoms with E-state index in [0.717, 1.165) is 5.69 Å². The SMILES string of the molecule is N#C/C(=C\c1cnn(-c2ccccc2)c1)C(=O)c1ccc(F)cc1. The molecular weight excluding hydrogens is 305 g/mol. The third-order valence-corrected chi connectivity index (χ3v) is 3.41. The Hall–Kier alpha value is -3.52. The van der Waals surface area contributed by atoms with Gasteiger partial charge in [0.25, 0.3) is 0 Å². The molecule has 0 N–H and O–H groups in total. The molecule has 0 bridgehead atoms. The van der Waals surface area contributed by atoms with Crippen LogP contribution in [0.4, 0.5) is 4.39 Å². The monoisotopic (exact) mass is 317 g/mol. The highest BCUT2D eigenvalue weighted by Gasteiger charge is 2.12. The first kappa shape index (κ1) is 15.4. The van der Waals surface area contributed by atoms with Gasteiger partial charge in [-0.25, -0.2) is 9.07 Å². The molecule has 0 saturated heterocycles. The van der Waals surface area contributed by atoms with Gasteiger partial charge in [-0.1, -0.05) is 18.2 Å².